The van der Waals surface area contributed by atoms with Crippen molar-refractivity contribution >= 4 is 0 Å². The van der Waals surface area contributed by atoms with Crippen LogP contribution in [0.2, 0.25) is 0 Å². The second-order valence-electron chi connectivity index (χ2n) is 5.02. The minimum Gasteiger partial charge on any atom is -0.288 e. The summed E-state index contributed by atoms with van der Waals surface area (Å²) in [6, 6.07) is 8.47. The molecular formula is C14H19N3. The summed E-state index contributed by atoms with van der Waals surface area (Å²) >= 11 is 0. The molecule has 17 heavy (non-hydrogen) atoms. The average molecular weight is 229 g/mol. The van der Waals surface area contributed by atoms with E-state index in [-0.39, 0.29) is 5.41 Å². The average Bonchev–Trinajstić information content (AvgIpc) is 2.82. The molecule has 1 aromatic carbocycles. The van der Waals surface area contributed by atoms with Crippen LogP contribution in [0.15, 0.2) is 36.9 Å². The van der Waals surface area contributed by atoms with Crippen LogP contribution in [0.4, 0.5) is 0 Å². The lowest BCUT2D eigenvalue weighted by Gasteiger charge is -2.27. The van der Waals surface area contributed by atoms with Crippen molar-refractivity contribution in [1.82, 2.24) is 14.8 Å². The minimum absolute atomic E-state index is 0.176. The van der Waals surface area contributed by atoms with Gasteiger partial charge in [-0.25, -0.2) is 0 Å². The highest BCUT2D eigenvalue weighted by molar-refractivity contribution is 5.44. The number of hydrogen-bond donors (Lipinski definition) is 0. The zero-order valence-electron chi connectivity index (χ0n) is 10.7. The molecule has 0 unspecified atom stereocenters. The number of benzene rings is 1. The Labute approximate surface area is 103 Å². The Morgan fingerprint density at radius 1 is 1.12 bits per heavy atom. The van der Waals surface area contributed by atoms with Crippen LogP contribution in [0.5, 0.6) is 0 Å². The predicted molar refractivity (Wildman–Crippen MR) is 69.3 cm³/mol. The first-order chi connectivity index (χ1) is 8.15. The van der Waals surface area contributed by atoms with E-state index < -0.39 is 0 Å². The number of hydrogen-bond acceptors (Lipinski definition) is 2. The van der Waals surface area contributed by atoms with Crippen molar-refractivity contribution in [3.05, 3.63) is 42.5 Å². The van der Waals surface area contributed by atoms with Crippen molar-refractivity contribution in [2.24, 2.45) is 0 Å². The summed E-state index contributed by atoms with van der Waals surface area (Å²) < 4.78 is 1.98. The maximum absolute atomic E-state index is 3.88. The third kappa shape index (κ3) is 2.38. The molecule has 2 rings (SSSR count). The molecule has 0 bridgehead atoms. The van der Waals surface area contributed by atoms with Crippen molar-refractivity contribution < 1.29 is 0 Å². The van der Waals surface area contributed by atoms with Gasteiger partial charge in [-0.2, -0.15) is 0 Å². The van der Waals surface area contributed by atoms with Crippen LogP contribution in [0.25, 0.3) is 5.69 Å². The molecule has 0 aliphatic carbocycles. The first-order valence-electron chi connectivity index (χ1n) is 6.09. The second kappa shape index (κ2) is 4.70. The zero-order chi connectivity index (χ0) is 12.3. The Bertz CT molecular complexity index is 472. The molecule has 0 saturated heterocycles. The second-order valence-corrected chi connectivity index (χ2v) is 5.02. The Kier molecular flexibility index (Phi) is 3.27. The molecular weight excluding hydrogens is 210 g/mol. The number of aromatic nitrogens is 3. The first kappa shape index (κ1) is 11.8. The molecule has 2 aromatic rings. The smallest absolute Gasteiger partial charge is 0.123 e. The summed E-state index contributed by atoms with van der Waals surface area (Å²) in [5.74, 6) is 0. The van der Waals surface area contributed by atoms with Crippen LogP contribution < -0.4 is 0 Å². The van der Waals surface area contributed by atoms with Crippen molar-refractivity contribution in [2.45, 2.75) is 39.0 Å². The van der Waals surface area contributed by atoms with Gasteiger partial charge in [-0.1, -0.05) is 45.4 Å². The standard InChI is InChI=1S/C14H19N3/c1-4-9-14(2,3)12-7-5-6-8-13(12)17-10-15-16-11-17/h5-8,10-11H,4,9H2,1-3H3. The molecule has 1 aromatic heterocycles. The first-order valence-corrected chi connectivity index (χ1v) is 6.09. The summed E-state index contributed by atoms with van der Waals surface area (Å²) in [7, 11) is 0. The number of nitrogens with zero attached hydrogens (tertiary/aromatic N) is 3. The normalized spacial score (nSPS) is 11.7. The van der Waals surface area contributed by atoms with Crippen LogP contribution in [-0.4, -0.2) is 14.8 Å². The monoisotopic (exact) mass is 229 g/mol. The SMILES string of the molecule is CCCC(C)(C)c1ccccc1-n1cnnc1. The summed E-state index contributed by atoms with van der Waals surface area (Å²) in [5.41, 5.74) is 2.70. The van der Waals surface area contributed by atoms with Gasteiger partial charge >= 0.3 is 0 Å². The van der Waals surface area contributed by atoms with Crippen molar-refractivity contribution in [1.29, 1.82) is 0 Å². The summed E-state index contributed by atoms with van der Waals surface area (Å²) in [5, 5.41) is 7.76. The van der Waals surface area contributed by atoms with E-state index in [1.807, 2.05) is 4.57 Å². The highest BCUT2D eigenvalue weighted by Crippen LogP contribution is 2.32. The molecule has 0 radical (unpaired) electrons. The van der Waals surface area contributed by atoms with Gasteiger partial charge in [0, 0.05) is 0 Å². The van der Waals surface area contributed by atoms with E-state index in [9.17, 15) is 0 Å². The summed E-state index contributed by atoms with van der Waals surface area (Å²) in [4.78, 5) is 0. The molecule has 1 heterocycles. The molecule has 0 saturated carbocycles. The summed E-state index contributed by atoms with van der Waals surface area (Å²) in [6.45, 7) is 6.81. The largest absolute Gasteiger partial charge is 0.288 e. The highest BCUT2D eigenvalue weighted by Gasteiger charge is 2.22. The van der Waals surface area contributed by atoms with Gasteiger partial charge in [0.15, 0.2) is 0 Å². The van der Waals surface area contributed by atoms with Crippen LogP contribution >= 0.6 is 0 Å². The molecule has 0 fully saturated rings. The Morgan fingerprint density at radius 3 is 2.41 bits per heavy atom. The van der Waals surface area contributed by atoms with Gasteiger partial charge in [0.25, 0.3) is 0 Å². The highest BCUT2D eigenvalue weighted by atomic mass is 15.2. The lowest BCUT2D eigenvalue weighted by atomic mass is 9.80. The van der Waals surface area contributed by atoms with E-state index in [1.165, 1.54) is 24.1 Å². The van der Waals surface area contributed by atoms with Gasteiger partial charge in [-0.05, 0) is 23.5 Å². The van der Waals surface area contributed by atoms with E-state index in [0.29, 0.717) is 0 Å². The topological polar surface area (TPSA) is 30.7 Å². The number of rotatable bonds is 4. The van der Waals surface area contributed by atoms with Gasteiger partial charge < -0.3 is 0 Å². The Balaban J connectivity index is 2.48. The van der Waals surface area contributed by atoms with Crippen molar-refractivity contribution in [3.63, 3.8) is 0 Å². The van der Waals surface area contributed by atoms with Crippen LogP contribution in [0.1, 0.15) is 39.2 Å². The molecule has 0 aliphatic rings. The quantitative estimate of drug-likeness (QED) is 0.805. The van der Waals surface area contributed by atoms with E-state index in [1.54, 1.807) is 12.7 Å². The Hall–Kier alpha value is -1.64. The Morgan fingerprint density at radius 2 is 1.76 bits per heavy atom. The molecule has 0 atom stereocenters. The number of para-hydroxylation sites is 1. The fourth-order valence-electron chi connectivity index (χ4n) is 2.36. The van der Waals surface area contributed by atoms with Gasteiger partial charge in [0.05, 0.1) is 5.69 Å². The molecule has 3 nitrogen and oxygen atoms in total. The van der Waals surface area contributed by atoms with Gasteiger partial charge in [0.1, 0.15) is 12.7 Å². The fraction of sp³-hybridized carbons (Fsp3) is 0.429. The fourth-order valence-corrected chi connectivity index (χ4v) is 2.36. The summed E-state index contributed by atoms with van der Waals surface area (Å²) in [6.07, 6.45) is 5.86. The molecule has 3 heteroatoms. The van der Waals surface area contributed by atoms with E-state index in [4.69, 9.17) is 0 Å². The minimum atomic E-state index is 0.176. The van der Waals surface area contributed by atoms with Crippen molar-refractivity contribution in [2.75, 3.05) is 0 Å². The molecule has 0 amide bonds. The molecule has 0 N–H and O–H groups in total. The maximum atomic E-state index is 3.88. The third-order valence-electron chi connectivity index (χ3n) is 3.21. The van der Waals surface area contributed by atoms with Crippen molar-refractivity contribution in [3.8, 4) is 5.69 Å². The zero-order valence-corrected chi connectivity index (χ0v) is 10.7. The van der Waals surface area contributed by atoms with Gasteiger partial charge in [0.2, 0.25) is 0 Å². The predicted octanol–water partition coefficient (Wildman–Crippen LogP) is 3.35. The van der Waals surface area contributed by atoms with Crippen LogP contribution in [-0.2, 0) is 5.41 Å². The molecule has 0 aliphatic heterocycles. The molecule has 90 valence electrons. The van der Waals surface area contributed by atoms with E-state index in [0.717, 1.165) is 0 Å². The van der Waals surface area contributed by atoms with Crippen LogP contribution in [0, 0.1) is 0 Å². The van der Waals surface area contributed by atoms with Gasteiger partial charge in [-0.15, -0.1) is 10.2 Å². The van der Waals surface area contributed by atoms with E-state index in [2.05, 4.69) is 55.2 Å². The third-order valence-corrected chi connectivity index (χ3v) is 3.21. The van der Waals surface area contributed by atoms with Crippen LogP contribution in [0.3, 0.4) is 0 Å². The van der Waals surface area contributed by atoms with E-state index >= 15 is 0 Å². The lowest BCUT2D eigenvalue weighted by Crippen LogP contribution is -2.19. The lowest BCUT2D eigenvalue weighted by molar-refractivity contribution is 0.471. The molecule has 0 spiro atoms. The van der Waals surface area contributed by atoms with Gasteiger partial charge in [-0.3, -0.25) is 4.57 Å². The maximum Gasteiger partial charge on any atom is 0.123 e.